The van der Waals surface area contributed by atoms with Crippen LogP contribution in [-0.4, -0.2) is 14.2 Å². The summed E-state index contributed by atoms with van der Waals surface area (Å²) in [6.45, 7) is 1.50. The Bertz CT molecular complexity index is 719. The van der Waals surface area contributed by atoms with Crippen LogP contribution < -0.4 is 5.14 Å². The molecule has 0 aliphatic heterocycles. The van der Waals surface area contributed by atoms with Crippen molar-refractivity contribution in [2.75, 3.05) is 0 Å². The molecular formula is C14H13NO3S. The molecule has 2 aromatic carbocycles. The van der Waals surface area contributed by atoms with Crippen LogP contribution in [0.15, 0.2) is 53.4 Å². The first-order chi connectivity index (χ1) is 8.88. The zero-order valence-electron chi connectivity index (χ0n) is 10.3. The summed E-state index contributed by atoms with van der Waals surface area (Å²) in [6, 6.07) is 13.4. The molecule has 0 atom stereocenters. The van der Waals surface area contributed by atoms with E-state index in [4.69, 9.17) is 5.14 Å². The van der Waals surface area contributed by atoms with E-state index >= 15 is 0 Å². The first-order valence-electron chi connectivity index (χ1n) is 5.62. The standard InChI is InChI=1S/C14H13NO3S/c1-10(16)12-3-2-4-13(9-12)11-5-7-14(8-6-11)19(15,17)18/h2-9H,1H3,(H2,15,17,18). The minimum Gasteiger partial charge on any atom is -0.295 e. The van der Waals surface area contributed by atoms with Gasteiger partial charge in [-0.1, -0.05) is 30.3 Å². The van der Waals surface area contributed by atoms with Crippen molar-refractivity contribution in [1.29, 1.82) is 0 Å². The topological polar surface area (TPSA) is 77.2 Å². The van der Waals surface area contributed by atoms with Crippen molar-refractivity contribution in [3.63, 3.8) is 0 Å². The molecule has 4 nitrogen and oxygen atoms in total. The molecule has 0 unspecified atom stereocenters. The quantitative estimate of drug-likeness (QED) is 0.872. The van der Waals surface area contributed by atoms with Crippen LogP contribution in [0.5, 0.6) is 0 Å². The van der Waals surface area contributed by atoms with Gasteiger partial charge in [0.05, 0.1) is 4.90 Å². The van der Waals surface area contributed by atoms with E-state index in [0.29, 0.717) is 5.56 Å². The van der Waals surface area contributed by atoms with Crippen LogP contribution >= 0.6 is 0 Å². The molecule has 19 heavy (non-hydrogen) atoms. The van der Waals surface area contributed by atoms with Gasteiger partial charge in [-0.2, -0.15) is 0 Å². The van der Waals surface area contributed by atoms with Gasteiger partial charge in [0, 0.05) is 5.56 Å². The highest BCUT2D eigenvalue weighted by Gasteiger charge is 2.08. The molecule has 2 N–H and O–H groups in total. The molecule has 0 amide bonds. The van der Waals surface area contributed by atoms with E-state index < -0.39 is 10.0 Å². The molecule has 2 rings (SSSR count). The van der Waals surface area contributed by atoms with Crippen molar-refractivity contribution in [2.24, 2.45) is 5.14 Å². The second kappa shape index (κ2) is 4.95. The van der Waals surface area contributed by atoms with Gasteiger partial charge in [-0.25, -0.2) is 13.6 Å². The molecule has 2 aromatic rings. The predicted molar refractivity (Wildman–Crippen MR) is 73.3 cm³/mol. The molecular weight excluding hydrogens is 262 g/mol. The van der Waals surface area contributed by atoms with Gasteiger partial charge in [0.25, 0.3) is 0 Å². The number of hydrogen-bond acceptors (Lipinski definition) is 3. The first-order valence-corrected chi connectivity index (χ1v) is 7.17. The first kappa shape index (κ1) is 13.5. The minimum absolute atomic E-state index is 0.0111. The molecule has 98 valence electrons. The number of sulfonamides is 1. The number of Topliss-reactive ketones (excluding diaryl/α,β-unsaturated/α-hetero) is 1. The third kappa shape index (κ3) is 3.07. The maximum Gasteiger partial charge on any atom is 0.238 e. The van der Waals surface area contributed by atoms with E-state index in [1.807, 2.05) is 6.07 Å². The highest BCUT2D eigenvalue weighted by molar-refractivity contribution is 7.89. The average molecular weight is 275 g/mol. The Morgan fingerprint density at radius 1 is 1.00 bits per heavy atom. The summed E-state index contributed by atoms with van der Waals surface area (Å²) in [4.78, 5) is 11.4. The summed E-state index contributed by atoms with van der Waals surface area (Å²) in [5.74, 6) is -0.0111. The largest absolute Gasteiger partial charge is 0.295 e. The van der Waals surface area contributed by atoms with Gasteiger partial charge in [-0.3, -0.25) is 4.79 Å². The van der Waals surface area contributed by atoms with Gasteiger partial charge in [0.15, 0.2) is 5.78 Å². The number of benzene rings is 2. The third-order valence-corrected chi connectivity index (χ3v) is 3.71. The van der Waals surface area contributed by atoms with Gasteiger partial charge in [-0.15, -0.1) is 0 Å². The Morgan fingerprint density at radius 2 is 1.63 bits per heavy atom. The monoisotopic (exact) mass is 275 g/mol. The number of carbonyl (C=O) groups excluding carboxylic acids is 1. The SMILES string of the molecule is CC(=O)c1cccc(-c2ccc(S(N)(=O)=O)cc2)c1. The minimum atomic E-state index is -3.68. The number of carbonyl (C=O) groups is 1. The molecule has 0 radical (unpaired) electrons. The van der Waals surface area contributed by atoms with Crippen LogP contribution in [0, 0.1) is 0 Å². The highest BCUT2D eigenvalue weighted by atomic mass is 32.2. The number of rotatable bonds is 3. The molecule has 0 saturated carbocycles. The summed E-state index contributed by atoms with van der Waals surface area (Å²) >= 11 is 0. The van der Waals surface area contributed by atoms with Gasteiger partial charge in [0.2, 0.25) is 10.0 Å². The van der Waals surface area contributed by atoms with Gasteiger partial charge >= 0.3 is 0 Å². The van der Waals surface area contributed by atoms with Crippen molar-refractivity contribution < 1.29 is 13.2 Å². The van der Waals surface area contributed by atoms with Gasteiger partial charge < -0.3 is 0 Å². The predicted octanol–water partition coefficient (Wildman–Crippen LogP) is 2.20. The number of ketones is 1. The van der Waals surface area contributed by atoms with Crippen LogP contribution in [0.3, 0.4) is 0 Å². The fourth-order valence-corrected chi connectivity index (χ4v) is 2.27. The maximum atomic E-state index is 11.3. The zero-order chi connectivity index (χ0) is 14.0. The Balaban J connectivity index is 2.43. The van der Waals surface area contributed by atoms with E-state index in [1.54, 1.807) is 30.3 Å². The van der Waals surface area contributed by atoms with Crippen LogP contribution in [0.2, 0.25) is 0 Å². The van der Waals surface area contributed by atoms with Crippen LogP contribution in [-0.2, 0) is 10.0 Å². The molecule has 0 aliphatic rings. The van der Waals surface area contributed by atoms with E-state index in [1.165, 1.54) is 19.1 Å². The Morgan fingerprint density at radius 3 is 2.16 bits per heavy atom. The Kier molecular flexibility index (Phi) is 3.50. The maximum absolute atomic E-state index is 11.3. The molecule has 0 aliphatic carbocycles. The van der Waals surface area contributed by atoms with Gasteiger partial charge in [0.1, 0.15) is 0 Å². The van der Waals surface area contributed by atoms with Crippen molar-refractivity contribution in [3.05, 3.63) is 54.1 Å². The summed E-state index contributed by atoms with van der Waals surface area (Å²) in [5, 5.41) is 5.04. The van der Waals surface area contributed by atoms with E-state index in [-0.39, 0.29) is 10.7 Å². The fourth-order valence-electron chi connectivity index (χ4n) is 1.75. The van der Waals surface area contributed by atoms with Crippen LogP contribution in [0.4, 0.5) is 0 Å². The van der Waals surface area contributed by atoms with E-state index in [0.717, 1.165) is 11.1 Å². The summed E-state index contributed by atoms with van der Waals surface area (Å²) in [7, 11) is -3.68. The lowest BCUT2D eigenvalue weighted by molar-refractivity contribution is 0.101. The normalized spacial score (nSPS) is 11.3. The lowest BCUT2D eigenvalue weighted by atomic mass is 10.0. The van der Waals surface area contributed by atoms with E-state index in [2.05, 4.69) is 0 Å². The summed E-state index contributed by atoms with van der Waals surface area (Å²) < 4.78 is 22.3. The summed E-state index contributed by atoms with van der Waals surface area (Å²) in [5.41, 5.74) is 2.30. The van der Waals surface area contributed by atoms with Crippen molar-refractivity contribution in [1.82, 2.24) is 0 Å². The van der Waals surface area contributed by atoms with Crippen LogP contribution in [0.1, 0.15) is 17.3 Å². The molecule has 0 spiro atoms. The second-order valence-electron chi connectivity index (χ2n) is 4.21. The third-order valence-electron chi connectivity index (χ3n) is 2.79. The van der Waals surface area contributed by atoms with Crippen molar-refractivity contribution in [3.8, 4) is 11.1 Å². The molecule has 0 heterocycles. The van der Waals surface area contributed by atoms with Gasteiger partial charge in [-0.05, 0) is 36.2 Å². The molecule has 0 aromatic heterocycles. The molecule has 0 saturated heterocycles. The second-order valence-corrected chi connectivity index (χ2v) is 5.77. The smallest absolute Gasteiger partial charge is 0.238 e. The highest BCUT2D eigenvalue weighted by Crippen LogP contribution is 2.22. The number of hydrogen-bond donors (Lipinski definition) is 1. The van der Waals surface area contributed by atoms with Crippen LogP contribution in [0.25, 0.3) is 11.1 Å². The Labute approximate surface area is 111 Å². The van der Waals surface area contributed by atoms with E-state index in [9.17, 15) is 13.2 Å². The number of nitrogens with two attached hydrogens (primary N) is 1. The number of primary sulfonamides is 1. The molecule has 5 heteroatoms. The lowest BCUT2D eigenvalue weighted by Crippen LogP contribution is -2.11. The van der Waals surface area contributed by atoms with Crippen molar-refractivity contribution >= 4 is 15.8 Å². The zero-order valence-corrected chi connectivity index (χ0v) is 11.1. The molecule has 0 fully saturated rings. The van der Waals surface area contributed by atoms with Crippen molar-refractivity contribution in [2.45, 2.75) is 11.8 Å². The fraction of sp³-hybridized carbons (Fsp3) is 0.0714. The average Bonchev–Trinajstić information content (AvgIpc) is 2.38. The molecule has 0 bridgehead atoms. The lowest BCUT2D eigenvalue weighted by Gasteiger charge is -2.05. The Hall–Kier alpha value is -1.98. The summed E-state index contributed by atoms with van der Waals surface area (Å²) in [6.07, 6.45) is 0.